The van der Waals surface area contributed by atoms with Crippen molar-refractivity contribution < 1.29 is 4.79 Å². The molecule has 27 heavy (non-hydrogen) atoms. The first-order valence-corrected chi connectivity index (χ1v) is 9.95. The van der Waals surface area contributed by atoms with Gasteiger partial charge in [0.05, 0.1) is 5.75 Å². The van der Waals surface area contributed by atoms with Crippen LogP contribution >= 0.6 is 27.7 Å². The molecular formula is C17H18BrN5O3S. The molecule has 0 radical (unpaired) electrons. The largest absolute Gasteiger partial charge is 0.332 e. The fraction of sp³-hybridized carbons (Fsp3) is 0.294. The summed E-state index contributed by atoms with van der Waals surface area (Å²) in [5.74, 6) is -0.0565. The summed E-state index contributed by atoms with van der Waals surface area (Å²) >= 11 is 4.58. The molecule has 1 aromatic carbocycles. The SMILES string of the molecule is CCn1c(SCC(=O)Nc2cccc(Br)c2)nc2c1c(=O)n(C)c(=O)n2C. The molecule has 0 aliphatic heterocycles. The second kappa shape index (κ2) is 7.73. The Labute approximate surface area is 167 Å². The van der Waals surface area contributed by atoms with Crippen molar-refractivity contribution in [3.05, 3.63) is 49.6 Å². The van der Waals surface area contributed by atoms with Crippen molar-refractivity contribution in [2.24, 2.45) is 14.1 Å². The van der Waals surface area contributed by atoms with Crippen molar-refractivity contribution in [3.63, 3.8) is 0 Å². The molecule has 1 N–H and O–H groups in total. The average Bonchev–Trinajstić information content (AvgIpc) is 3.01. The molecular weight excluding hydrogens is 434 g/mol. The van der Waals surface area contributed by atoms with Gasteiger partial charge in [-0.05, 0) is 25.1 Å². The predicted octanol–water partition coefficient (Wildman–Crippen LogP) is 1.95. The lowest BCUT2D eigenvalue weighted by Crippen LogP contribution is -2.37. The maximum atomic E-state index is 12.5. The number of halogens is 1. The maximum Gasteiger partial charge on any atom is 0.332 e. The van der Waals surface area contributed by atoms with Crippen LogP contribution in [0.15, 0.2) is 43.5 Å². The topological polar surface area (TPSA) is 90.9 Å². The molecule has 0 saturated carbocycles. The molecule has 1 amide bonds. The van der Waals surface area contributed by atoms with Gasteiger partial charge in [-0.1, -0.05) is 33.8 Å². The number of anilines is 1. The molecule has 3 rings (SSSR count). The van der Waals surface area contributed by atoms with E-state index in [1.54, 1.807) is 17.7 Å². The van der Waals surface area contributed by atoms with Crippen molar-refractivity contribution in [1.29, 1.82) is 0 Å². The highest BCUT2D eigenvalue weighted by Crippen LogP contribution is 2.22. The van der Waals surface area contributed by atoms with Gasteiger partial charge >= 0.3 is 5.69 Å². The van der Waals surface area contributed by atoms with Crippen molar-refractivity contribution >= 4 is 50.5 Å². The van der Waals surface area contributed by atoms with Gasteiger partial charge in [-0.15, -0.1) is 0 Å². The van der Waals surface area contributed by atoms with Crippen LogP contribution in [0.4, 0.5) is 5.69 Å². The van der Waals surface area contributed by atoms with E-state index in [4.69, 9.17) is 0 Å². The summed E-state index contributed by atoms with van der Waals surface area (Å²) in [7, 11) is 3.01. The molecule has 0 aliphatic rings. The number of rotatable bonds is 5. The summed E-state index contributed by atoms with van der Waals surface area (Å²) in [4.78, 5) is 41.3. The van der Waals surface area contributed by atoms with Crippen LogP contribution in [0, 0.1) is 0 Å². The van der Waals surface area contributed by atoms with Crippen LogP contribution in [-0.2, 0) is 25.4 Å². The van der Waals surface area contributed by atoms with Gasteiger partial charge in [0.25, 0.3) is 5.56 Å². The highest BCUT2D eigenvalue weighted by Gasteiger charge is 2.19. The second-order valence-electron chi connectivity index (χ2n) is 5.86. The summed E-state index contributed by atoms with van der Waals surface area (Å²) in [5, 5.41) is 3.34. The van der Waals surface area contributed by atoms with Crippen molar-refractivity contribution in [3.8, 4) is 0 Å². The molecule has 0 saturated heterocycles. The number of carbonyl (C=O) groups is 1. The van der Waals surface area contributed by atoms with Gasteiger partial charge in [-0.25, -0.2) is 9.78 Å². The van der Waals surface area contributed by atoms with Crippen LogP contribution in [0.5, 0.6) is 0 Å². The Morgan fingerprint density at radius 3 is 2.67 bits per heavy atom. The number of amides is 1. The Kier molecular flexibility index (Phi) is 5.56. The Hall–Kier alpha value is -2.33. The lowest BCUT2D eigenvalue weighted by molar-refractivity contribution is -0.113. The summed E-state index contributed by atoms with van der Waals surface area (Å²) in [6, 6.07) is 7.32. The first kappa shape index (κ1) is 19.4. The number of benzene rings is 1. The summed E-state index contributed by atoms with van der Waals surface area (Å²) < 4.78 is 5.00. The minimum absolute atomic E-state index is 0.129. The zero-order valence-electron chi connectivity index (χ0n) is 15.0. The van der Waals surface area contributed by atoms with E-state index >= 15 is 0 Å². The number of thioether (sulfide) groups is 1. The standard InChI is InChI=1S/C17H18BrN5O3S/c1-4-23-13-14(21(2)17(26)22(3)15(13)25)20-16(23)27-9-12(24)19-11-7-5-6-10(18)8-11/h5-8H,4,9H2,1-3H3,(H,19,24). The predicted molar refractivity (Wildman–Crippen MR) is 109 cm³/mol. The van der Waals surface area contributed by atoms with E-state index in [9.17, 15) is 14.4 Å². The van der Waals surface area contributed by atoms with Crippen molar-refractivity contribution in [1.82, 2.24) is 18.7 Å². The number of hydrogen-bond acceptors (Lipinski definition) is 5. The maximum absolute atomic E-state index is 12.5. The number of aryl methyl sites for hydroxylation is 2. The average molecular weight is 452 g/mol. The first-order valence-electron chi connectivity index (χ1n) is 8.18. The number of fused-ring (bicyclic) bond motifs is 1. The van der Waals surface area contributed by atoms with Crippen LogP contribution in [0.2, 0.25) is 0 Å². The molecule has 0 fully saturated rings. The number of hydrogen-bond donors (Lipinski definition) is 1. The Balaban J connectivity index is 1.88. The summed E-state index contributed by atoms with van der Waals surface area (Å²) in [5.41, 5.74) is 0.539. The van der Waals surface area contributed by atoms with E-state index in [0.29, 0.717) is 28.6 Å². The van der Waals surface area contributed by atoms with E-state index in [-0.39, 0.29) is 11.7 Å². The van der Waals surface area contributed by atoms with E-state index in [1.165, 1.54) is 23.4 Å². The highest BCUT2D eigenvalue weighted by molar-refractivity contribution is 9.10. The minimum Gasteiger partial charge on any atom is -0.325 e. The van der Waals surface area contributed by atoms with Gasteiger partial charge in [0.15, 0.2) is 16.3 Å². The van der Waals surface area contributed by atoms with Gasteiger partial charge in [-0.3, -0.25) is 18.7 Å². The van der Waals surface area contributed by atoms with E-state index in [0.717, 1.165) is 9.04 Å². The van der Waals surface area contributed by atoms with E-state index in [1.807, 2.05) is 25.1 Å². The van der Waals surface area contributed by atoms with Gasteiger partial charge in [0.1, 0.15) is 0 Å². The quantitative estimate of drug-likeness (QED) is 0.598. The van der Waals surface area contributed by atoms with Gasteiger partial charge in [-0.2, -0.15) is 0 Å². The molecule has 2 aromatic heterocycles. The van der Waals surface area contributed by atoms with Crippen LogP contribution < -0.4 is 16.6 Å². The van der Waals surface area contributed by atoms with Gasteiger partial charge in [0.2, 0.25) is 5.91 Å². The Morgan fingerprint density at radius 2 is 2.00 bits per heavy atom. The molecule has 2 heterocycles. The number of aromatic nitrogens is 4. The normalized spacial score (nSPS) is 11.1. The summed E-state index contributed by atoms with van der Waals surface area (Å²) in [6.45, 7) is 2.39. The third-order valence-electron chi connectivity index (χ3n) is 4.07. The van der Waals surface area contributed by atoms with Gasteiger partial charge < -0.3 is 9.88 Å². The van der Waals surface area contributed by atoms with Crippen LogP contribution in [0.3, 0.4) is 0 Å². The molecule has 0 unspecified atom stereocenters. The lowest BCUT2D eigenvalue weighted by atomic mass is 10.3. The number of imidazole rings is 1. The molecule has 0 bridgehead atoms. The van der Waals surface area contributed by atoms with Crippen LogP contribution in [0.1, 0.15) is 6.92 Å². The number of nitrogens with zero attached hydrogens (tertiary/aromatic N) is 4. The highest BCUT2D eigenvalue weighted by atomic mass is 79.9. The lowest BCUT2D eigenvalue weighted by Gasteiger charge is -2.07. The van der Waals surface area contributed by atoms with Crippen molar-refractivity contribution in [2.45, 2.75) is 18.6 Å². The van der Waals surface area contributed by atoms with Crippen LogP contribution in [-0.4, -0.2) is 30.3 Å². The fourth-order valence-electron chi connectivity index (χ4n) is 2.72. The number of carbonyl (C=O) groups excluding carboxylic acids is 1. The van der Waals surface area contributed by atoms with Crippen LogP contribution in [0.25, 0.3) is 11.2 Å². The van der Waals surface area contributed by atoms with Crippen molar-refractivity contribution in [2.75, 3.05) is 11.1 Å². The third-order valence-corrected chi connectivity index (χ3v) is 5.54. The zero-order valence-corrected chi connectivity index (χ0v) is 17.4. The molecule has 0 aliphatic carbocycles. The first-order chi connectivity index (χ1) is 12.8. The molecule has 0 atom stereocenters. The second-order valence-corrected chi connectivity index (χ2v) is 7.72. The molecule has 0 spiro atoms. The molecule has 142 valence electrons. The monoisotopic (exact) mass is 451 g/mol. The van der Waals surface area contributed by atoms with Gasteiger partial charge in [0, 0.05) is 30.8 Å². The Morgan fingerprint density at radius 1 is 1.26 bits per heavy atom. The minimum atomic E-state index is -0.433. The molecule has 3 aromatic rings. The molecule has 10 heteroatoms. The summed E-state index contributed by atoms with van der Waals surface area (Å²) in [6.07, 6.45) is 0. The smallest absolute Gasteiger partial charge is 0.325 e. The number of nitrogens with one attached hydrogen (secondary N) is 1. The third kappa shape index (κ3) is 3.72. The Bertz CT molecular complexity index is 1150. The molecule has 8 nitrogen and oxygen atoms in total. The van der Waals surface area contributed by atoms with E-state index < -0.39 is 11.2 Å². The fourth-order valence-corrected chi connectivity index (χ4v) is 3.98. The van der Waals surface area contributed by atoms with E-state index in [2.05, 4.69) is 26.2 Å². The zero-order chi connectivity index (χ0) is 19.7.